The monoisotopic (exact) mass is 428 g/mol. The van der Waals surface area contributed by atoms with Crippen LogP contribution in [0.3, 0.4) is 0 Å². The molecule has 0 aromatic rings. The predicted molar refractivity (Wildman–Crippen MR) is 112 cm³/mol. The van der Waals surface area contributed by atoms with Crippen LogP contribution >= 0.6 is 16.5 Å². The minimum Gasteiger partial charge on any atom is -0.396 e. The summed E-state index contributed by atoms with van der Waals surface area (Å²) in [4.78, 5) is 15.3. The van der Waals surface area contributed by atoms with Gasteiger partial charge in [-0.15, -0.1) is 9.79 Å². The highest BCUT2D eigenvalue weighted by molar-refractivity contribution is 7.46. The summed E-state index contributed by atoms with van der Waals surface area (Å²) >= 11 is 0. The van der Waals surface area contributed by atoms with Crippen molar-refractivity contribution in [2.45, 2.75) is 116 Å². The average molecular weight is 428 g/mol. The van der Waals surface area contributed by atoms with Crippen molar-refractivity contribution in [1.29, 1.82) is 0 Å². The highest BCUT2D eigenvalue weighted by Gasteiger charge is 2.31. The second-order valence-electron chi connectivity index (χ2n) is 6.94. The summed E-state index contributed by atoms with van der Waals surface area (Å²) in [7, 11) is -5.85. The maximum atomic E-state index is 9.39. The first-order chi connectivity index (χ1) is 13.0. The molecule has 0 aliphatic carbocycles. The zero-order valence-electron chi connectivity index (χ0n) is 17.2. The molecule has 2 atom stereocenters. The summed E-state index contributed by atoms with van der Waals surface area (Å²) in [5, 5.41) is 8.68. The molecule has 0 fully saturated rings. The molecular formula is C19H42O6P2+2. The summed E-state index contributed by atoms with van der Waals surface area (Å²) < 4.78 is 22.2. The lowest BCUT2D eigenvalue weighted by atomic mass is 10.0. The fourth-order valence-corrected chi connectivity index (χ4v) is 3.37. The maximum absolute atomic E-state index is 9.39. The molecule has 3 N–H and O–H groups in total. The van der Waals surface area contributed by atoms with Crippen molar-refractivity contribution in [2.75, 3.05) is 6.61 Å². The summed E-state index contributed by atoms with van der Waals surface area (Å²) in [5.74, 6) is 0. The number of aliphatic hydroxyl groups is 1. The first-order valence-corrected chi connectivity index (χ1v) is 12.9. The van der Waals surface area contributed by atoms with Crippen LogP contribution in [-0.2, 0) is 13.4 Å². The van der Waals surface area contributed by atoms with Crippen molar-refractivity contribution in [3.8, 4) is 0 Å². The Morgan fingerprint density at radius 1 is 0.556 bits per heavy atom. The third-order valence-corrected chi connectivity index (χ3v) is 5.52. The van der Waals surface area contributed by atoms with Gasteiger partial charge in [-0.2, -0.15) is 0 Å². The Hall–Kier alpha value is 0.0400. The molecule has 27 heavy (non-hydrogen) atoms. The van der Waals surface area contributed by atoms with Gasteiger partial charge in [-0.25, -0.2) is 0 Å². The quantitative estimate of drug-likeness (QED) is 0.152. The Morgan fingerprint density at radius 3 is 1.00 bits per heavy atom. The second-order valence-corrected chi connectivity index (χ2v) is 8.54. The molecule has 2 unspecified atom stereocenters. The molecule has 162 valence electrons. The standard InChI is InChI=1S/C19H40O.O5P2/c1-2-3-4-5-6-7-8-9-10-11-12-13-14-15-16-17-18-19-20;1-6(2)5-7(3)4/h20H,2-19H2,1H3;/p+2. The Labute approximate surface area is 168 Å². The van der Waals surface area contributed by atoms with Crippen molar-refractivity contribution in [2.24, 2.45) is 0 Å². The molecule has 8 heteroatoms. The van der Waals surface area contributed by atoms with Gasteiger partial charge in [0.1, 0.15) is 0 Å². The minimum absolute atomic E-state index is 0.374. The molecule has 0 saturated heterocycles. The summed E-state index contributed by atoms with van der Waals surface area (Å²) in [6.07, 6.45) is 23.7. The third-order valence-electron chi connectivity index (χ3n) is 4.40. The van der Waals surface area contributed by atoms with Crippen LogP contribution in [-0.4, -0.2) is 21.5 Å². The van der Waals surface area contributed by atoms with Gasteiger partial charge in [0.05, 0.1) is 0 Å². The molecule has 0 rings (SSSR count). The van der Waals surface area contributed by atoms with Gasteiger partial charge < -0.3 is 5.11 Å². The van der Waals surface area contributed by atoms with Crippen molar-refractivity contribution < 1.29 is 28.3 Å². The lowest BCUT2D eigenvalue weighted by Gasteiger charge is -2.03. The van der Waals surface area contributed by atoms with E-state index in [-0.39, 0.29) is 0 Å². The van der Waals surface area contributed by atoms with E-state index in [2.05, 4.69) is 11.2 Å². The van der Waals surface area contributed by atoms with E-state index in [0.29, 0.717) is 6.61 Å². The molecule has 0 aromatic heterocycles. The minimum atomic E-state index is -2.92. The van der Waals surface area contributed by atoms with Crippen LogP contribution in [0.15, 0.2) is 0 Å². The van der Waals surface area contributed by atoms with E-state index in [1.807, 2.05) is 0 Å². The van der Waals surface area contributed by atoms with E-state index >= 15 is 0 Å². The number of aliphatic hydroxyl groups excluding tert-OH is 1. The topological polar surface area (TPSA) is 104 Å². The SMILES string of the molecule is CCCCCCCCCCCCCCCCCCCO.O=[P+](O)O[P+](=O)O. The van der Waals surface area contributed by atoms with Gasteiger partial charge in [0, 0.05) is 15.7 Å². The first-order valence-electron chi connectivity index (χ1n) is 10.7. The fraction of sp³-hybridized carbons (Fsp3) is 1.00. The maximum Gasteiger partial charge on any atom is 0.745 e. The van der Waals surface area contributed by atoms with Crippen molar-refractivity contribution in [1.82, 2.24) is 0 Å². The second kappa shape index (κ2) is 26.0. The number of rotatable bonds is 19. The number of hydrogen-bond donors (Lipinski definition) is 3. The summed E-state index contributed by atoms with van der Waals surface area (Å²) in [5.41, 5.74) is 0. The molecule has 6 nitrogen and oxygen atoms in total. The Morgan fingerprint density at radius 2 is 0.815 bits per heavy atom. The van der Waals surface area contributed by atoms with E-state index in [0.717, 1.165) is 6.42 Å². The largest absolute Gasteiger partial charge is 0.745 e. The van der Waals surface area contributed by atoms with Crippen molar-refractivity contribution >= 4 is 16.5 Å². The molecule has 0 heterocycles. The van der Waals surface area contributed by atoms with Gasteiger partial charge in [-0.3, -0.25) is 0 Å². The van der Waals surface area contributed by atoms with Gasteiger partial charge in [0.25, 0.3) is 0 Å². The predicted octanol–water partition coefficient (Wildman–Crippen LogP) is 6.93. The van der Waals surface area contributed by atoms with Crippen LogP contribution < -0.4 is 0 Å². The van der Waals surface area contributed by atoms with E-state index in [1.165, 1.54) is 103 Å². The van der Waals surface area contributed by atoms with E-state index in [9.17, 15) is 9.13 Å². The Bertz CT molecular complexity index is 299. The summed E-state index contributed by atoms with van der Waals surface area (Å²) in [6.45, 7) is 2.66. The highest BCUT2D eigenvalue weighted by atomic mass is 31.2. The van der Waals surface area contributed by atoms with Gasteiger partial charge in [-0.1, -0.05) is 110 Å². The zero-order chi connectivity index (χ0) is 20.6. The van der Waals surface area contributed by atoms with Crippen LogP contribution in [0.4, 0.5) is 0 Å². The van der Waals surface area contributed by atoms with E-state index in [4.69, 9.17) is 14.9 Å². The molecule has 0 saturated carbocycles. The lowest BCUT2D eigenvalue weighted by molar-refractivity contribution is 0.282. The van der Waals surface area contributed by atoms with E-state index in [1.54, 1.807) is 0 Å². The van der Waals surface area contributed by atoms with Gasteiger partial charge in [-0.05, 0) is 6.42 Å². The van der Waals surface area contributed by atoms with Crippen LogP contribution in [0.1, 0.15) is 116 Å². The number of unbranched alkanes of at least 4 members (excludes halogenated alkanes) is 16. The molecule has 0 spiro atoms. The molecule has 0 aliphatic rings. The van der Waals surface area contributed by atoms with Gasteiger partial charge in [0.2, 0.25) is 0 Å². The molecule has 0 amide bonds. The lowest BCUT2D eigenvalue weighted by Crippen LogP contribution is -1.85. The normalized spacial score (nSPS) is 11.7. The molecule has 0 aliphatic heterocycles. The highest BCUT2D eigenvalue weighted by Crippen LogP contribution is 2.30. The average Bonchev–Trinajstić information content (AvgIpc) is 2.61. The van der Waals surface area contributed by atoms with Gasteiger partial charge >= 0.3 is 16.5 Å². The Balaban J connectivity index is 0. The van der Waals surface area contributed by atoms with Crippen LogP contribution in [0.25, 0.3) is 0 Å². The summed E-state index contributed by atoms with van der Waals surface area (Å²) in [6, 6.07) is 0. The molecule has 0 bridgehead atoms. The van der Waals surface area contributed by atoms with Gasteiger partial charge in [0.15, 0.2) is 4.31 Å². The first kappa shape index (κ1) is 29.2. The Kier molecular flexibility index (Phi) is 28.2. The third kappa shape index (κ3) is 34.0. The molecular weight excluding hydrogens is 386 g/mol. The fourth-order valence-electron chi connectivity index (χ4n) is 2.90. The molecule has 0 aromatic carbocycles. The van der Waals surface area contributed by atoms with Crippen LogP contribution in [0, 0.1) is 0 Å². The number of hydrogen-bond acceptors (Lipinski definition) is 4. The van der Waals surface area contributed by atoms with Crippen molar-refractivity contribution in [3.05, 3.63) is 0 Å². The van der Waals surface area contributed by atoms with Crippen LogP contribution in [0.5, 0.6) is 0 Å². The zero-order valence-corrected chi connectivity index (χ0v) is 19.0. The smallest absolute Gasteiger partial charge is 0.396 e. The molecule has 0 radical (unpaired) electrons. The van der Waals surface area contributed by atoms with Crippen LogP contribution in [0.2, 0.25) is 0 Å². The van der Waals surface area contributed by atoms with E-state index < -0.39 is 16.5 Å². The van der Waals surface area contributed by atoms with Crippen molar-refractivity contribution in [3.63, 3.8) is 0 Å².